The van der Waals surface area contributed by atoms with E-state index in [2.05, 4.69) is 84.0 Å². The number of nitrogens with one attached hydrogen (secondary N) is 2. The third-order valence-electron chi connectivity index (χ3n) is 7.23. The Balaban J connectivity index is 1.38. The Morgan fingerprint density at radius 1 is 1.03 bits per heavy atom. The molecule has 5 heteroatoms. The summed E-state index contributed by atoms with van der Waals surface area (Å²) >= 11 is 0. The summed E-state index contributed by atoms with van der Waals surface area (Å²) in [6, 6.07) is 20.1. The van der Waals surface area contributed by atoms with Gasteiger partial charge in [0.2, 0.25) is 0 Å². The van der Waals surface area contributed by atoms with Crippen LogP contribution in [0.1, 0.15) is 49.3 Å². The molecule has 2 aromatic carbocycles. The highest BCUT2D eigenvalue weighted by molar-refractivity contribution is 5.80. The molecule has 178 valence electrons. The molecule has 2 N–H and O–H groups in total. The van der Waals surface area contributed by atoms with Crippen LogP contribution in [0.3, 0.4) is 0 Å². The van der Waals surface area contributed by atoms with Crippen molar-refractivity contribution in [2.45, 2.75) is 57.5 Å². The van der Waals surface area contributed by atoms with Gasteiger partial charge in [-0.25, -0.2) is 0 Å². The van der Waals surface area contributed by atoms with Gasteiger partial charge in [-0.1, -0.05) is 54.6 Å². The van der Waals surface area contributed by atoms with Gasteiger partial charge in [-0.3, -0.25) is 9.89 Å². The van der Waals surface area contributed by atoms with Crippen LogP contribution in [0.15, 0.2) is 59.6 Å². The lowest BCUT2D eigenvalue weighted by Crippen LogP contribution is -2.49. The van der Waals surface area contributed by atoms with Crippen LogP contribution in [0, 0.1) is 6.92 Å². The molecule has 2 saturated heterocycles. The second-order valence-electron chi connectivity index (χ2n) is 9.58. The van der Waals surface area contributed by atoms with Gasteiger partial charge in [-0.05, 0) is 56.2 Å². The summed E-state index contributed by atoms with van der Waals surface area (Å²) in [5, 5.41) is 7.24. The lowest BCUT2D eigenvalue weighted by atomic mass is 9.72. The molecule has 2 aromatic rings. The first-order chi connectivity index (χ1) is 16.2. The summed E-state index contributed by atoms with van der Waals surface area (Å²) < 4.78 is 5.73. The minimum atomic E-state index is 0.0605. The average Bonchev–Trinajstić information content (AvgIpc) is 2.85. The van der Waals surface area contributed by atoms with Crippen molar-refractivity contribution >= 4 is 5.96 Å². The van der Waals surface area contributed by atoms with Crippen molar-refractivity contribution in [3.63, 3.8) is 0 Å². The summed E-state index contributed by atoms with van der Waals surface area (Å²) in [5.74, 6) is 0.957. The van der Waals surface area contributed by atoms with E-state index in [-0.39, 0.29) is 5.41 Å². The highest BCUT2D eigenvalue weighted by atomic mass is 16.5. The molecule has 0 aromatic heterocycles. The van der Waals surface area contributed by atoms with Gasteiger partial charge in [0.05, 0.1) is 6.54 Å². The number of guanidine groups is 1. The molecule has 2 fully saturated rings. The molecule has 0 saturated carbocycles. The van der Waals surface area contributed by atoms with Crippen LogP contribution in [-0.2, 0) is 16.7 Å². The van der Waals surface area contributed by atoms with Crippen LogP contribution in [0.25, 0.3) is 0 Å². The number of hydrogen-bond acceptors (Lipinski definition) is 3. The van der Waals surface area contributed by atoms with Crippen molar-refractivity contribution < 1.29 is 4.74 Å². The molecule has 0 spiro atoms. The van der Waals surface area contributed by atoms with Crippen LogP contribution >= 0.6 is 0 Å². The van der Waals surface area contributed by atoms with E-state index >= 15 is 0 Å². The SMILES string of the molecule is CCNC(=NCC1(c2ccccc2C)CCOCC1)NC1CCN(Cc2ccccc2)CC1. The van der Waals surface area contributed by atoms with Crippen molar-refractivity contribution in [2.24, 2.45) is 4.99 Å². The average molecular weight is 449 g/mol. The van der Waals surface area contributed by atoms with Gasteiger partial charge in [-0.15, -0.1) is 0 Å². The van der Waals surface area contributed by atoms with Gasteiger partial charge < -0.3 is 15.4 Å². The second kappa shape index (κ2) is 11.7. The highest BCUT2D eigenvalue weighted by Crippen LogP contribution is 2.37. The second-order valence-corrected chi connectivity index (χ2v) is 9.58. The number of likely N-dealkylation sites (tertiary alicyclic amines) is 1. The first kappa shape index (κ1) is 23.8. The van der Waals surface area contributed by atoms with E-state index < -0.39 is 0 Å². The number of benzene rings is 2. The van der Waals surface area contributed by atoms with Crippen molar-refractivity contribution in [3.8, 4) is 0 Å². The normalized spacial score (nSPS) is 19.9. The molecule has 0 bridgehead atoms. The molecule has 0 aliphatic carbocycles. The summed E-state index contributed by atoms with van der Waals surface area (Å²) in [6.07, 6.45) is 4.35. The Morgan fingerprint density at radius 2 is 1.73 bits per heavy atom. The number of piperidine rings is 1. The fourth-order valence-corrected chi connectivity index (χ4v) is 5.26. The maximum atomic E-state index is 5.73. The topological polar surface area (TPSA) is 48.9 Å². The van der Waals surface area contributed by atoms with Crippen LogP contribution in [0.4, 0.5) is 0 Å². The van der Waals surface area contributed by atoms with Crippen molar-refractivity contribution in [3.05, 3.63) is 71.3 Å². The summed E-state index contributed by atoms with van der Waals surface area (Å²) in [5.41, 5.74) is 4.25. The molecule has 5 nitrogen and oxygen atoms in total. The molecule has 2 aliphatic rings. The van der Waals surface area contributed by atoms with Crippen LogP contribution < -0.4 is 10.6 Å². The first-order valence-electron chi connectivity index (χ1n) is 12.6. The Bertz CT molecular complexity index is 884. The molecular formula is C28H40N4O. The molecular weight excluding hydrogens is 408 g/mol. The summed E-state index contributed by atoms with van der Waals surface area (Å²) in [7, 11) is 0. The molecule has 2 heterocycles. The van der Waals surface area contributed by atoms with Crippen LogP contribution in [-0.4, -0.2) is 56.3 Å². The van der Waals surface area contributed by atoms with Gasteiger partial charge in [0.25, 0.3) is 0 Å². The van der Waals surface area contributed by atoms with E-state index in [9.17, 15) is 0 Å². The van der Waals surface area contributed by atoms with Gasteiger partial charge in [-0.2, -0.15) is 0 Å². The van der Waals surface area contributed by atoms with Crippen molar-refractivity contribution in [1.29, 1.82) is 0 Å². The number of ether oxygens (including phenoxy) is 1. The number of aryl methyl sites for hydroxylation is 1. The first-order valence-corrected chi connectivity index (χ1v) is 12.6. The van der Waals surface area contributed by atoms with Gasteiger partial charge >= 0.3 is 0 Å². The zero-order valence-electron chi connectivity index (χ0n) is 20.4. The number of nitrogens with zero attached hydrogens (tertiary/aromatic N) is 2. The van der Waals surface area contributed by atoms with Gasteiger partial charge in [0.15, 0.2) is 5.96 Å². The molecule has 0 amide bonds. The highest BCUT2D eigenvalue weighted by Gasteiger charge is 2.35. The van der Waals surface area contributed by atoms with Gasteiger partial charge in [0, 0.05) is 50.8 Å². The molecule has 2 aliphatic heterocycles. The molecule has 33 heavy (non-hydrogen) atoms. The minimum Gasteiger partial charge on any atom is -0.381 e. The smallest absolute Gasteiger partial charge is 0.191 e. The largest absolute Gasteiger partial charge is 0.381 e. The Kier molecular flexibility index (Phi) is 8.40. The standard InChI is InChI=1S/C28H40N4O/c1-3-29-27(31-25-13-17-32(18-14-25)21-24-10-5-4-6-11-24)30-22-28(15-19-33-20-16-28)26-12-8-7-9-23(26)2/h4-12,25H,3,13-22H2,1-2H3,(H2,29,30,31). The zero-order valence-corrected chi connectivity index (χ0v) is 20.4. The van der Waals surface area contributed by atoms with E-state index in [1.807, 2.05) is 0 Å². The van der Waals surface area contributed by atoms with Crippen molar-refractivity contribution in [1.82, 2.24) is 15.5 Å². The predicted molar refractivity (Wildman–Crippen MR) is 137 cm³/mol. The maximum absolute atomic E-state index is 5.73. The Hall–Kier alpha value is -2.37. The van der Waals surface area contributed by atoms with E-state index in [1.165, 1.54) is 16.7 Å². The predicted octanol–water partition coefficient (Wildman–Crippen LogP) is 4.26. The van der Waals surface area contributed by atoms with E-state index in [0.29, 0.717) is 6.04 Å². The third kappa shape index (κ3) is 6.36. The quantitative estimate of drug-likeness (QED) is 0.491. The van der Waals surface area contributed by atoms with E-state index in [1.54, 1.807) is 0 Å². The lowest BCUT2D eigenvalue weighted by Gasteiger charge is -2.38. The summed E-state index contributed by atoms with van der Waals surface area (Å²) in [4.78, 5) is 7.70. The van der Waals surface area contributed by atoms with Crippen LogP contribution in [0.5, 0.6) is 0 Å². The Morgan fingerprint density at radius 3 is 2.42 bits per heavy atom. The molecule has 4 rings (SSSR count). The zero-order chi connectivity index (χ0) is 22.9. The number of rotatable bonds is 7. The summed E-state index contributed by atoms with van der Waals surface area (Å²) in [6.45, 7) is 11.0. The molecule has 0 radical (unpaired) electrons. The fraction of sp³-hybridized carbons (Fsp3) is 0.536. The monoisotopic (exact) mass is 448 g/mol. The van der Waals surface area contributed by atoms with Crippen LogP contribution in [0.2, 0.25) is 0 Å². The minimum absolute atomic E-state index is 0.0605. The third-order valence-corrected chi connectivity index (χ3v) is 7.23. The van der Waals surface area contributed by atoms with Gasteiger partial charge in [0.1, 0.15) is 0 Å². The van der Waals surface area contributed by atoms with E-state index in [0.717, 1.165) is 77.6 Å². The van der Waals surface area contributed by atoms with E-state index in [4.69, 9.17) is 9.73 Å². The molecule has 0 unspecified atom stereocenters. The maximum Gasteiger partial charge on any atom is 0.191 e. The molecule has 0 atom stereocenters. The lowest BCUT2D eigenvalue weighted by molar-refractivity contribution is 0.0529. The Labute approximate surface area is 199 Å². The van der Waals surface area contributed by atoms with Crippen molar-refractivity contribution in [2.75, 3.05) is 39.4 Å². The number of aliphatic imine (C=N–C) groups is 1. The number of hydrogen-bond donors (Lipinski definition) is 2. The fourth-order valence-electron chi connectivity index (χ4n) is 5.26.